The van der Waals surface area contributed by atoms with Gasteiger partial charge in [-0.05, 0) is 37.3 Å². The SMILES string of the molecule is COc1ccc(N(C)c2cc(=O)oc3ccccc23)cc1NC(=O)[C@H](C)NC(C)C. The van der Waals surface area contributed by atoms with Gasteiger partial charge in [0.15, 0.2) is 0 Å². The summed E-state index contributed by atoms with van der Waals surface area (Å²) >= 11 is 0. The van der Waals surface area contributed by atoms with Crippen LogP contribution in [-0.2, 0) is 4.79 Å². The van der Waals surface area contributed by atoms with Crippen molar-refractivity contribution in [3.05, 3.63) is 59.0 Å². The molecule has 0 saturated heterocycles. The molecular weight excluding hydrogens is 382 g/mol. The normalized spacial score (nSPS) is 12.1. The van der Waals surface area contributed by atoms with Crippen LogP contribution in [0.5, 0.6) is 5.75 Å². The van der Waals surface area contributed by atoms with Crippen LogP contribution in [-0.4, -0.2) is 32.1 Å². The minimum absolute atomic E-state index is 0.160. The Labute approximate surface area is 175 Å². The first-order valence-corrected chi connectivity index (χ1v) is 9.81. The monoisotopic (exact) mass is 409 g/mol. The summed E-state index contributed by atoms with van der Waals surface area (Å²) in [5.41, 5.74) is 2.13. The third-order valence-electron chi connectivity index (χ3n) is 4.79. The van der Waals surface area contributed by atoms with Gasteiger partial charge in [-0.2, -0.15) is 0 Å². The summed E-state index contributed by atoms with van der Waals surface area (Å²) in [6, 6.07) is 14.1. The molecule has 0 fully saturated rings. The molecule has 0 radical (unpaired) electrons. The number of ether oxygens (including phenoxy) is 1. The average Bonchev–Trinajstić information content (AvgIpc) is 2.72. The zero-order valence-corrected chi connectivity index (χ0v) is 17.9. The molecule has 1 amide bonds. The van der Waals surface area contributed by atoms with E-state index in [4.69, 9.17) is 9.15 Å². The van der Waals surface area contributed by atoms with E-state index in [9.17, 15) is 9.59 Å². The molecule has 7 heteroatoms. The van der Waals surface area contributed by atoms with Crippen molar-refractivity contribution >= 4 is 33.9 Å². The number of anilines is 3. The first kappa shape index (κ1) is 21.4. The lowest BCUT2D eigenvalue weighted by Gasteiger charge is -2.23. The molecule has 2 N–H and O–H groups in total. The van der Waals surface area contributed by atoms with Gasteiger partial charge in [0.25, 0.3) is 0 Å². The molecule has 0 unspecified atom stereocenters. The van der Waals surface area contributed by atoms with Gasteiger partial charge in [0.1, 0.15) is 11.3 Å². The van der Waals surface area contributed by atoms with E-state index in [1.165, 1.54) is 6.07 Å². The highest BCUT2D eigenvalue weighted by molar-refractivity contribution is 5.97. The largest absolute Gasteiger partial charge is 0.495 e. The highest BCUT2D eigenvalue weighted by Crippen LogP contribution is 2.34. The van der Waals surface area contributed by atoms with E-state index in [-0.39, 0.29) is 18.0 Å². The second-order valence-electron chi connectivity index (χ2n) is 7.42. The van der Waals surface area contributed by atoms with Crippen LogP contribution in [0.25, 0.3) is 11.0 Å². The van der Waals surface area contributed by atoms with E-state index in [0.29, 0.717) is 22.7 Å². The topological polar surface area (TPSA) is 83.8 Å². The summed E-state index contributed by atoms with van der Waals surface area (Å²) in [6.07, 6.45) is 0. The number of nitrogens with one attached hydrogen (secondary N) is 2. The minimum Gasteiger partial charge on any atom is -0.495 e. The van der Waals surface area contributed by atoms with Gasteiger partial charge in [-0.25, -0.2) is 4.79 Å². The molecular formula is C23H27N3O4. The van der Waals surface area contributed by atoms with Crippen LogP contribution in [0.2, 0.25) is 0 Å². The predicted molar refractivity (Wildman–Crippen MR) is 120 cm³/mol. The Balaban J connectivity index is 1.97. The Morgan fingerprint density at radius 1 is 1.10 bits per heavy atom. The molecule has 0 aliphatic rings. The van der Waals surface area contributed by atoms with Crippen molar-refractivity contribution in [1.29, 1.82) is 0 Å². The number of methoxy groups -OCH3 is 1. The van der Waals surface area contributed by atoms with Gasteiger partial charge in [-0.15, -0.1) is 0 Å². The molecule has 1 heterocycles. The summed E-state index contributed by atoms with van der Waals surface area (Å²) in [5.74, 6) is 0.391. The Kier molecular flexibility index (Phi) is 6.42. The lowest BCUT2D eigenvalue weighted by atomic mass is 10.1. The molecule has 1 atom stereocenters. The van der Waals surface area contributed by atoms with E-state index < -0.39 is 5.63 Å². The molecule has 0 aliphatic heterocycles. The van der Waals surface area contributed by atoms with Crippen molar-refractivity contribution in [3.8, 4) is 5.75 Å². The van der Waals surface area contributed by atoms with Crippen molar-refractivity contribution in [3.63, 3.8) is 0 Å². The molecule has 3 aromatic rings. The van der Waals surface area contributed by atoms with Gasteiger partial charge < -0.3 is 24.7 Å². The highest BCUT2D eigenvalue weighted by Gasteiger charge is 2.18. The summed E-state index contributed by atoms with van der Waals surface area (Å²) < 4.78 is 10.7. The summed E-state index contributed by atoms with van der Waals surface area (Å²) in [5, 5.41) is 6.93. The maximum atomic E-state index is 12.6. The van der Waals surface area contributed by atoms with Crippen LogP contribution in [0.15, 0.2) is 57.7 Å². The second-order valence-corrected chi connectivity index (χ2v) is 7.42. The van der Waals surface area contributed by atoms with E-state index in [0.717, 1.165) is 11.1 Å². The number of hydrogen-bond acceptors (Lipinski definition) is 6. The number of rotatable bonds is 7. The average molecular weight is 409 g/mol. The van der Waals surface area contributed by atoms with E-state index in [2.05, 4.69) is 10.6 Å². The van der Waals surface area contributed by atoms with Gasteiger partial charge in [-0.1, -0.05) is 26.0 Å². The Morgan fingerprint density at radius 3 is 2.53 bits per heavy atom. The number of fused-ring (bicyclic) bond motifs is 1. The maximum absolute atomic E-state index is 12.6. The second kappa shape index (κ2) is 9.00. The minimum atomic E-state index is -0.425. The van der Waals surface area contributed by atoms with Crippen molar-refractivity contribution in [1.82, 2.24) is 5.32 Å². The number of carbonyl (C=O) groups is 1. The summed E-state index contributed by atoms with van der Waals surface area (Å²) in [4.78, 5) is 26.5. The number of carbonyl (C=O) groups excluding carboxylic acids is 1. The standard InChI is InChI=1S/C23H27N3O4/c1-14(2)24-15(3)23(28)25-18-12-16(10-11-21(18)29-5)26(4)19-13-22(27)30-20-9-7-6-8-17(19)20/h6-15,24H,1-5H3,(H,25,28)/t15-/m0/s1. The van der Waals surface area contributed by atoms with Gasteiger partial charge in [0.05, 0.1) is 24.5 Å². The third kappa shape index (κ3) is 4.63. The fraction of sp³-hybridized carbons (Fsp3) is 0.304. The molecule has 2 aromatic carbocycles. The zero-order valence-electron chi connectivity index (χ0n) is 17.9. The van der Waals surface area contributed by atoms with Crippen molar-refractivity contribution < 1.29 is 13.9 Å². The lowest BCUT2D eigenvalue weighted by molar-refractivity contribution is -0.117. The Morgan fingerprint density at radius 2 is 1.83 bits per heavy atom. The number of benzene rings is 2. The lowest BCUT2D eigenvalue weighted by Crippen LogP contribution is -2.41. The molecule has 30 heavy (non-hydrogen) atoms. The quantitative estimate of drug-likeness (QED) is 0.576. The predicted octanol–water partition coefficient (Wildman–Crippen LogP) is 3.89. The van der Waals surface area contributed by atoms with E-state index in [1.54, 1.807) is 19.2 Å². The highest BCUT2D eigenvalue weighted by atomic mass is 16.5. The molecule has 1 aromatic heterocycles. The van der Waals surface area contributed by atoms with Crippen molar-refractivity contribution in [2.24, 2.45) is 0 Å². The van der Waals surface area contributed by atoms with E-state index >= 15 is 0 Å². The first-order chi connectivity index (χ1) is 14.3. The van der Waals surface area contributed by atoms with E-state index in [1.807, 2.05) is 63.1 Å². The molecule has 0 bridgehead atoms. The number of amides is 1. The number of para-hydroxylation sites is 1. The number of nitrogens with zero attached hydrogens (tertiary/aromatic N) is 1. The van der Waals surface area contributed by atoms with Crippen molar-refractivity contribution in [2.75, 3.05) is 24.4 Å². The fourth-order valence-electron chi connectivity index (χ4n) is 3.33. The zero-order chi connectivity index (χ0) is 21.8. The maximum Gasteiger partial charge on any atom is 0.338 e. The molecule has 0 saturated carbocycles. The first-order valence-electron chi connectivity index (χ1n) is 9.81. The van der Waals surface area contributed by atoms with Crippen molar-refractivity contribution in [2.45, 2.75) is 32.9 Å². The molecule has 0 aliphatic carbocycles. The van der Waals surface area contributed by atoms with Crippen LogP contribution in [0.3, 0.4) is 0 Å². The van der Waals surface area contributed by atoms with Gasteiger partial charge in [-0.3, -0.25) is 4.79 Å². The van der Waals surface area contributed by atoms with Crippen LogP contribution >= 0.6 is 0 Å². The third-order valence-corrected chi connectivity index (χ3v) is 4.79. The Bertz CT molecular complexity index is 1110. The van der Waals surface area contributed by atoms with Crippen LogP contribution in [0.1, 0.15) is 20.8 Å². The molecule has 0 spiro atoms. The van der Waals surface area contributed by atoms with Crippen LogP contribution < -0.4 is 25.9 Å². The smallest absolute Gasteiger partial charge is 0.338 e. The summed E-state index contributed by atoms with van der Waals surface area (Å²) in [6.45, 7) is 5.79. The van der Waals surface area contributed by atoms with Crippen LogP contribution in [0, 0.1) is 0 Å². The molecule has 7 nitrogen and oxygen atoms in total. The molecule has 158 valence electrons. The Hall–Kier alpha value is -3.32. The van der Waals surface area contributed by atoms with Gasteiger partial charge in [0.2, 0.25) is 5.91 Å². The van der Waals surface area contributed by atoms with Crippen LogP contribution in [0.4, 0.5) is 17.1 Å². The fourth-order valence-corrected chi connectivity index (χ4v) is 3.33. The number of hydrogen-bond donors (Lipinski definition) is 2. The molecule has 3 rings (SSSR count). The van der Waals surface area contributed by atoms with Gasteiger partial charge in [0, 0.05) is 30.2 Å². The summed E-state index contributed by atoms with van der Waals surface area (Å²) in [7, 11) is 3.41. The van der Waals surface area contributed by atoms with Gasteiger partial charge >= 0.3 is 5.63 Å².